The highest BCUT2D eigenvalue weighted by Gasteiger charge is 2.27. The number of ether oxygens (including phenoxy) is 1. The molecule has 4 heteroatoms. The lowest BCUT2D eigenvalue weighted by atomic mass is 9.80. The van der Waals surface area contributed by atoms with Gasteiger partial charge in [-0.15, -0.1) is 0 Å². The van der Waals surface area contributed by atoms with Crippen molar-refractivity contribution in [3.63, 3.8) is 0 Å². The van der Waals surface area contributed by atoms with Crippen molar-refractivity contribution < 1.29 is 13.9 Å². The Bertz CT molecular complexity index is 1010. The summed E-state index contributed by atoms with van der Waals surface area (Å²) in [6.07, 6.45) is 5.10. The third kappa shape index (κ3) is 3.91. The van der Waals surface area contributed by atoms with E-state index in [0.717, 1.165) is 59.8 Å². The number of hydrogen-bond donors (Lipinski definition) is 0. The fourth-order valence-corrected chi connectivity index (χ4v) is 3.88. The second kappa shape index (κ2) is 8.09. The van der Waals surface area contributed by atoms with Crippen molar-refractivity contribution in [2.45, 2.75) is 45.6 Å². The molecule has 0 fully saturated rings. The molecule has 1 atom stereocenters. The smallest absolute Gasteiger partial charge is 0.166 e. The molecule has 0 bridgehead atoms. The Morgan fingerprint density at radius 1 is 1.14 bits per heavy atom. The lowest BCUT2D eigenvalue weighted by molar-refractivity contribution is 0.0892. The number of ketones is 1. The second-order valence-corrected chi connectivity index (χ2v) is 7.49. The predicted molar refractivity (Wildman–Crippen MR) is 108 cm³/mol. The van der Waals surface area contributed by atoms with Crippen LogP contribution in [-0.2, 0) is 13.0 Å². The van der Waals surface area contributed by atoms with Crippen LogP contribution in [0.15, 0.2) is 48.5 Å². The van der Waals surface area contributed by atoms with Gasteiger partial charge < -0.3 is 4.74 Å². The maximum Gasteiger partial charge on any atom is 0.166 e. The van der Waals surface area contributed by atoms with Gasteiger partial charge in [-0.1, -0.05) is 31.9 Å². The van der Waals surface area contributed by atoms with Crippen LogP contribution in [0, 0.1) is 11.7 Å². The molecular weight excluding hydrogens is 353 g/mol. The summed E-state index contributed by atoms with van der Waals surface area (Å²) in [5.41, 5.74) is 3.44. The summed E-state index contributed by atoms with van der Waals surface area (Å²) in [4.78, 5) is 17.3. The SMILES string of the molecule is CCCCC1CCc2ccc(OCc3ccc4cc(F)ccc4n3)cc2C1=O. The average molecular weight is 377 g/mol. The number of nitrogens with zero attached hydrogens (tertiary/aromatic N) is 1. The number of aromatic nitrogens is 1. The minimum Gasteiger partial charge on any atom is -0.487 e. The highest BCUT2D eigenvalue weighted by Crippen LogP contribution is 2.31. The predicted octanol–water partition coefficient (Wildman–Crippen LogP) is 5.89. The molecule has 0 amide bonds. The van der Waals surface area contributed by atoms with Gasteiger partial charge in [0.15, 0.2) is 5.78 Å². The molecule has 144 valence electrons. The van der Waals surface area contributed by atoms with Crippen molar-refractivity contribution in [1.82, 2.24) is 4.98 Å². The zero-order valence-electron chi connectivity index (χ0n) is 16.1. The zero-order chi connectivity index (χ0) is 19.5. The summed E-state index contributed by atoms with van der Waals surface area (Å²) < 4.78 is 19.2. The summed E-state index contributed by atoms with van der Waals surface area (Å²) in [6, 6.07) is 14.0. The maximum absolute atomic E-state index is 13.3. The molecule has 0 saturated carbocycles. The van der Waals surface area contributed by atoms with Gasteiger partial charge in [-0.25, -0.2) is 9.37 Å². The Labute approximate surface area is 164 Å². The molecule has 0 N–H and O–H groups in total. The van der Waals surface area contributed by atoms with Crippen LogP contribution in [0.3, 0.4) is 0 Å². The van der Waals surface area contributed by atoms with Crippen molar-refractivity contribution in [3.05, 3.63) is 71.2 Å². The number of carbonyl (C=O) groups is 1. The summed E-state index contributed by atoms with van der Waals surface area (Å²) in [5.74, 6) is 0.815. The van der Waals surface area contributed by atoms with Crippen molar-refractivity contribution in [1.29, 1.82) is 0 Å². The van der Waals surface area contributed by atoms with Crippen molar-refractivity contribution in [3.8, 4) is 5.75 Å². The number of pyridine rings is 1. The molecule has 28 heavy (non-hydrogen) atoms. The van der Waals surface area contributed by atoms with Gasteiger partial charge in [0.05, 0.1) is 11.2 Å². The van der Waals surface area contributed by atoms with E-state index in [0.29, 0.717) is 12.4 Å². The standard InChI is InChI=1S/C24H24FNO2/c1-2-3-4-17-6-5-16-8-11-21(14-22(16)24(17)27)28-15-20-10-7-18-13-19(25)9-12-23(18)26-20/h7-14,17H,2-6,15H2,1H3. The molecule has 4 rings (SSSR count). The van der Waals surface area contributed by atoms with Crippen LogP contribution < -0.4 is 4.74 Å². The van der Waals surface area contributed by atoms with Gasteiger partial charge in [0.25, 0.3) is 0 Å². The van der Waals surface area contributed by atoms with E-state index in [2.05, 4.69) is 11.9 Å². The molecule has 3 aromatic rings. The molecule has 0 spiro atoms. The van der Waals surface area contributed by atoms with E-state index in [-0.39, 0.29) is 17.5 Å². The summed E-state index contributed by atoms with van der Waals surface area (Å²) in [6.45, 7) is 2.46. The van der Waals surface area contributed by atoms with E-state index in [4.69, 9.17) is 4.74 Å². The van der Waals surface area contributed by atoms with E-state index in [9.17, 15) is 9.18 Å². The van der Waals surface area contributed by atoms with E-state index in [1.54, 1.807) is 6.07 Å². The first-order chi connectivity index (χ1) is 13.6. The minimum absolute atomic E-state index is 0.144. The number of unbranched alkanes of at least 4 members (excludes halogenated alkanes) is 1. The first-order valence-electron chi connectivity index (χ1n) is 9.99. The molecule has 1 aromatic heterocycles. The second-order valence-electron chi connectivity index (χ2n) is 7.49. The Hall–Kier alpha value is -2.75. The Morgan fingerprint density at radius 3 is 2.89 bits per heavy atom. The number of hydrogen-bond acceptors (Lipinski definition) is 3. The number of halogens is 1. The lowest BCUT2D eigenvalue weighted by Crippen LogP contribution is -2.22. The third-order valence-corrected chi connectivity index (χ3v) is 5.48. The molecule has 3 nitrogen and oxygen atoms in total. The first kappa shape index (κ1) is 18.6. The Balaban J connectivity index is 1.48. The van der Waals surface area contributed by atoms with E-state index in [1.165, 1.54) is 12.1 Å². The maximum atomic E-state index is 13.3. The van der Waals surface area contributed by atoms with Crippen molar-refractivity contribution in [2.24, 2.45) is 5.92 Å². The molecule has 1 aliphatic rings. The number of fused-ring (bicyclic) bond motifs is 2. The van der Waals surface area contributed by atoms with Gasteiger partial charge in [0.1, 0.15) is 18.2 Å². The largest absolute Gasteiger partial charge is 0.487 e. The van der Waals surface area contributed by atoms with Gasteiger partial charge in [-0.05, 0) is 61.2 Å². The number of Topliss-reactive ketones (excluding diaryl/α,β-unsaturated/α-hetero) is 1. The summed E-state index contributed by atoms with van der Waals surface area (Å²) in [7, 11) is 0. The highest BCUT2D eigenvalue weighted by molar-refractivity contribution is 6.00. The monoisotopic (exact) mass is 377 g/mol. The molecule has 2 aromatic carbocycles. The molecule has 1 heterocycles. The summed E-state index contributed by atoms with van der Waals surface area (Å²) in [5, 5.41) is 0.765. The van der Waals surface area contributed by atoms with E-state index < -0.39 is 0 Å². The van der Waals surface area contributed by atoms with E-state index >= 15 is 0 Å². The van der Waals surface area contributed by atoms with Gasteiger partial charge >= 0.3 is 0 Å². The van der Waals surface area contributed by atoms with Gasteiger partial charge in [0, 0.05) is 16.9 Å². The van der Waals surface area contributed by atoms with Gasteiger partial charge in [-0.3, -0.25) is 4.79 Å². The fourth-order valence-electron chi connectivity index (χ4n) is 3.88. The average Bonchev–Trinajstić information content (AvgIpc) is 2.72. The van der Waals surface area contributed by atoms with Crippen LogP contribution in [0.2, 0.25) is 0 Å². The normalized spacial score (nSPS) is 16.2. The van der Waals surface area contributed by atoms with Crippen molar-refractivity contribution in [2.75, 3.05) is 0 Å². The van der Waals surface area contributed by atoms with Crippen LogP contribution in [-0.4, -0.2) is 10.8 Å². The third-order valence-electron chi connectivity index (χ3n) is 5.48. The lowest BCUT2D eigenvalue weighted by Gasteiger charge is -2.23. The summed E-state index contributed by atoms with van der Waals surface area (Å²) >= 11 is 0. The van der Waals surface area contributed by atoms with Crippen LogP contribution >= 0.6 is 0 Å². The van der Waals surface area contributed by atoms with Gasteiger partial charge in [-0.2, -0.15) is 0 Å². The first-order valence-corrected chi connectivity index (χ1v) is 9.99. The van der Waals surface area contributed by atoms with Crippen LogP contribution in [0.25, 0.3) is 10.9 Å². The number of carbonyl (C=O) groups excluding carboxylic acids is 1. The van der Waals surface area contributed by atoms with Crippen LogP contribution in [0.5, 0.6) is 5.75 Å². The van der Waals surface area contributed by atoms with Crippen LogP contribution in [0.4, 0.5) is 4.39 Å². The molecule has 0 radical (unpaired) electrons. The van der Waals surface area contributed by atoms with Gasteiger partial charge in [0.2, 0.25) is 0 Å². The zero-order valence-corrected chi connectivity index (χ0v) is 16.1. The minimum atomic E-state index is -0.269. The number of rotatable bonds is 6. The molecule has 1 unspecified atom stereocenters. The Kier molecular flexibility index (Phi) is 5.38. The number of aryl methyl sites for hydroxylation is 1. The van der Waals surface area contributed by atoms with Crippen LogP contribution in [0.1, 0.15) is 54.2 Å². The Morgan fingerprint density at radius 2 is 2.04 bits per heavy atom. The molecular formula is C24H24FNO2. The highest BCUT2D eigenvalue weighted by atomic mass is 19.1. The molecule has 0 saturated heterocycles. The van der Waals surface area contributed by atoms with Crippen molar-refractivity contribution >= 4 is 16.7 Å². The fraction of sp³-hybridized carbons (Fsp3) is 0.333. The quantitative estimate of drug-likeness (QED) is 0.538. The van der Waals surface area contributed by atoms with E-state index in [1.807, 2.05) is 30.3 Å². The molecule has 1 aliphatic carbocycles. The molecule has 0 aliphatic heterocycles. The topological polar surface area (TPSA) is 39.2 Å². The number of benzene rings is 2.